The van der Waals surface area contributed by atoms with Crippen molar-refractivity contribution in [3.8, 4) is 0 Å². The number of hydrogen-bond acceptors (Lipinski definition) is 2. The molecule has 1 aliphatic rings. The Balaban J connectivity index is 2.38. The van der Waals surface area contributed by atoms with Gasteiger partial charge in [0, 0.05) is 26.9 Å². The Bertz CT molecular complexity index is 745. The predicted molar refractivity (Wildman–Crippen MR) is 86.1 cm³/mol. The van der Waals surface area contributed by atoms with Gasteiger partial charge in [-0.2, -0.15) is 0 Å². The van der Waals surface area contributed by atoms with Crippen LogP contribution in [0.3, 0.4) is 0 Å². The summed E-state index contributed by atoms with van der Waals surface area (Å²) in [7, 11) is 1.75. The highest BCUT2D eigenvalue weighted by Crippen LogP contribution is 2.46. The predicted octanol–water partition coefficient (Wildman–Crippen LogP) is 3.72. The Morgan fingerprint density at radius 2 is 1.81 bits per heavy atom. The highest BCUT2D eigenvalue weighted by Gasteiger charge is 2.49. The van der Waals surface area contributed by atoms with Crippen molar-refractivity contribution in [2.45, 2.75) is 12.5 Å². The van der Waals surface area contributed by atoms with E-state index in [4.69, 9.17) is 23.2 Å². The van der Waals surface area contributed by atoms with E-state index >= 15 is 0 Å². The lowest BCUT2D eigenvalue weighted by Gasteiger charge is -2.30. The molecule has 0 aliphatic carbocycles. The van der Waals surface area contributed by atoms with E-state index in [0.29, 0.717) is 10.0 Å². The van der Waals surface area contributed by atoms with E-state index in [0.717, 1.165) is 22.4 Å². The van der Waals surface area contributed by atoms with E-state index in [1.54, 1.807) is 19.2 Å². The molecule has 0 saturated heterocycles. The number of likely N-dealkylation sites (N-methyl/N-ethyl adjacent to an activating group) is 1. The molecule has 1 amide bonds. The Morgan fingerprint density at radius 1 is 1.10 bits per heavy atom. The maximum Gasteiger partial charge on any atom is 0.254 e. The Hall–Kier alpha value is -1.55. The minimum absolute atomic E-state index is 0.154. The van der Waals surface area contributed by atoms with Crippen molar-refractivity contribution in [2.75, 3.05) is 12.4 Å². The summed E-state index contributed by atoms with van der Waals surface area (Å²) in [4.78, 5) is 12.7. The second kappa shape index (κ2) is 5.02. The number of rotatable bonds is 2. The first kappa shape index (κ1) is 14.4. The molecule has 3 rings (SSSR count). The fourth-order valence-electron chi connectivity index (χ4n) is 3.00. The van der Waals surface area contributed by atoms with Gasteiger partial charge in [0.25, 0.3) is 5.91 Å². The highest BCUT2D eigenvalue weighted by molar-refractivity contribution is 6.33. The van der Waals surface area contributed by atoms with Gasteiger partial charge in [-0.3, -0.25) is 10.1 Å². The van der Waals surface area contributed by atoms with Gasteiger partial charge >= 0.3 is 0 Å². The van der Waals surface area contributed by atoms with E-state index in [1.807, 2.05) is 31.2 Å². The first-order chi connectivity index (χ1) is 10.0. The number of hydrogen-bond donors (Lipinski definition) is 2. The average molecular weight is 321 g/mol. The molecule has 1 aliphatic heterocycles. The molecule has 1 unspecified atom stereocenters. The van der Waals surface area contributed by atoms with Crippen LogP contribution in [0.15, 0.2) is 36.4 Å². The molecule has 0 saturated carbocycles. The largest absolute Gasteiger partial charge is 0.323 e. The zero-order valence-electron chi connectivity index (χ0n) is 11.6. The minimum Gasteiger partial charge on any atom is -0.323 e. The fraction of sp³-hybridized carbons (Fsp3) is 0.188. The van der Waals surface area contributed by atoms with Crippen LogP contribution in [-0.2, 0) is 10.3 Å². The molecular weight excluding hydrogens is 307 g/mol. The number of carbonyl (C=O) groups is 1. The van der Waals surface area contributed by atoms with Gasteiger partial charge in [0.1, 0.15) is 0 Å². The molecule has 5 heteroatoms. The summed E-state index contributed by atoms with van der Waals surface area (Å²) < 4.78 is 0. The first-order valence-electron chi connectivity index (χ1n) is 6.57. The van der Waals surface area contributed by atoms with Gasteiger partial charge < -0.3 is 5.32 Å². The molecule has 0 spiro atoms. The van der Waals surface area contributed by atoms with Crippen LogP contribution in [0.4, 0.5) is 5.69 Å². The molecule has 1 heterocycles. The van der Waals surface area contributed by atoms with Gasteiger partial charge in [-0.05, 0) is 37.7 Å². The van der Waals surface area contributed by atoms with Crippen molar-refractivity contribution < 1.29 is 4.79 Å². The zero-order valence-corrected chi connectivity index (χ0v) is 13.1. The van der Waals surface area contributed by atoms with Gasteiger partial charge in [-0.1, -0.05) is 41.4 Å². The highest BCUT2D eigenvalue weighted by atomic mass is 35.5. The standard InChI is InChI=1S/C16H14Cl2N2O/c1-9-11(17)7-8-13-14(9)16(19-2,15(21)20-13)10-5-3-4-6-12(10)18/h3-8,19H,1-2H3,(H,20,21). The van der Waals surface area contributed by atoms with Crippen LogP contribution >= 0.6 is 23.2 Å². The summed E-state index contributed by atoms with van der Waals surface area (Å²) in [5.74, 6) is -0.154. The second-order valence-corrected chi connectivity index (χ2v) is 5.84. The van der Waals surface area contributed by atoms with Crippen LogP contribution in [0.2, 0.25) is 10.0 Å². The molecule has 21 heavy (non-hydrogen) atoms. The number of nitrogens with one attached hydrogen (secondary N) is 2. The van der Waals surface area contributed by atoms with Crippen LogP contribution in [0, 0.1) is 6.92 Å². The summed E-state index contributed by atoms with van der Waals surface area (Å²) in [5.41, 5.74) is 2.15. The molecule has 2 N–H and O–H groups in total. The Labute approximate surface area is 133 Å². The van der Waals surface area contributed by atoms with Crippen molar-refractivity contribution in [1.82, 2.24) is 5.32 Å². The molecule has 2 aromatic carbocycles. The number of anilines is 1. The number of carbonyl (C=O) groups excluding carboxylic acids is 1. The van der Waals surface area contributed by atoms with Crippen molar-refractivity contribution in [3.63, 3.8) is 0 Å². The Morgan fingerprint density at radius 3 is 2.48 bits per heavy atom. The molecule has 1 atom stereocenters. The van der Waals surface area contributed by atoms with Crippen molar-refractivity contribution in [3.05, 3.63) is 63.1 Å². The van der Waals surface area contributed by atoms with Crippen LogP contribution < -0.4 is 10.6 Å². The molecule has 0 radical (unpaired) electrons. The lowest BCUT2D eigenvalue weighted by atomic mass is 9.81. The topological polar surface area (TPSA) is 41.1 Å². The summed E-state index contributed by atoms with van der Waals surface area (Å²) in [6, 6.07) is 10.9. The minimum atomic E-state index is -1.03. The fourth-order valence-corrected chi connectivity index (χ4v) is 3.43. The van der Waals surface area contributed by atoms with E-state index < -0.39 is 5.54 Å². The lowest BCUT2D eigenvalue weighted by Crippen LogP contribution is -2.47. The van der Waals surface area contributed by atoms with Crippen LogP contribution in [0.25, 0.3) is 0 Å². The van der Waals surface area contributed by atoms with E-state index in [1.165, 1.54) is 0 Å². The maximum atomic E-state index is 12.7. The summed E-state index contributed by atoms with van der Waals surface area (Å²) in [5, 5.41) is 7.23. The number of halogens is 2. The number of fused-ring (bicyclic) bond motifs is 1. The molecule has 0 fully saturated rings. The first-order valence-corrected chi connectivity index (χ1v) is 7.33. The van der Waals surface area contributed by atoms with E-state index in [2.05, 4.69) is 10.6 Å². The van der Waals surface area contributed by atoms with E-state index in [-0.39, 0.29) is 5.91 Å². The van der Waals surface area contributed by atoms with E-state index in [9.17, 15) is 4.79 Å². The van der Waals surface area contributed by atoms with Crippen LogP contribution in [-0.4, -0.2) is 13.0 Å². The monoisotopic (exact) mass is 320 g/mol. The number of benzene rings is 2. The maximum absolute atomic E-state index is 12.7. The van der Waals surface area contributed by atoms with Crippen LogP contribution in [0.1, 0.15) is 16.7 Å². The quantitative estimate of drug-likeness (QED) is 0.885. The third kappa shape index (κ3) is 1.89. The summed E-state index contributed by atoms with van der Waals surface area (Å²) in [6.45, 7) is 1.91. The Kier molecular flexibility index (Phi) is 3.44. The molecule has 0 bridgehead atoms. The van der Waals surface area contributed by atoms with Gasteiger partial charge in [-0.15, -0.1) is 0 Å². The third-order valence-electron chi connectivity index (χ3n) is 4.02. The van der Waals surface area contributed by atoms with Crippen molar-refractivity contribution >= 4 is 34.8 Å². The third-order valence-corrected chi connectivity index (χ3v) is 4.75. The molecule has 0 aromatic heterocycles. The summed E-state index contributed by atoms with van der Waals surface area (Å²) in [6.07, 6.45) is 0. The van der Waals surface area contributed by atoms with Crippen LogP contribution in [0.5, 0.6) is 0 Å². The average Bonchev–Trinajstić information content (AvgIpc) is 2.77. The van der Waals surface area contributed by atoms with Crippen molar-refractivity contribution in [1.29, 1.82) is 0 Å². The van der Waals surface area contributed by atoms with Gasteiger partial charge in [-0.25, -0.2) is 0 Å². The molecular formula is C16H14Cl2N2O. The number of amides is 1. The second-order valence-electron chi connectivity index (χ2n) is 5.03. The SMILES string of the molecule is CNC1(c2ccccc2Cl)C(=O)Nc2ccc(Cl)c(C)c21. The normalized spacial score (nSPS) is 20.3. The zero-order chi connectivity index (χ0) is 15.2. The molecule has 108 valence electrons. The lowest BCUT2D eigenvalue weighted by molar-refractivity contribution is -0.120. The van der Waals surface area contributed by atoms with Gasteiger partial charge in [0.15, 0.2) is 5.54 Å². The molecule has 3 nitrogen and oxygen atoms in total. The van der Waals surface area contributed by atoms with Gasteiger partial charge in [0.05, 0.1) is 0 Å². The smallest absolute Gasteiger partial charge is 0.254 e. The molecule has 2 aromatic rings. The summed E-state index contributed by atoms with van der Waals surface area (Å²) >= 11 is 12.6. The van der Waals surface area contributed by atoms with Crippen molar-refractivity contribution in [2.24, 2.45) is 0 Å². The van der Waals surface area contributed by atoms with Gasteiger partial charge in [0.2, 0.25) is 0 Å².